The van der Waals surface area contributed by atoms with Crippen molar-refractivity contribution >= 4 is 42.4 Å². The summed E-state index contributed by atoms with van der Waals surface area (Å²) in [5.41, 5.74) is 1.52. The third-order valence-electron chi connectivity index (χ3n) is 6.03. The number of sulfonamides is 1. The summed E-state index contributed by atoms with van der Waals surface area (Å²) in [6.07, 6.45) is 4.50. The molecule has 10 heteroatoms. The smallest absolute Gasteiger partial charge is 0.264 e. The molecule has 1 aromatic heterocycles. The van der Waals surface area contributed by atoms with Crippen LogP contribution in [0.15, 0.2) is 41.3 Å². The fraction of sp³-hybridized carbons (Fsp3) is 0.417. The number of aromatic nitrogens is 1. The minimum absolute atomic E-state index is 0.0670. The van der Waals surface area contributed by atoms with Crippen molar-refractivity contribution in [1.29, 1.82) is 5.26 Å². The first-order chi connectivity index (χ1) is 16.3. The summed E-state index contributed by atoms with van der Waals surface area (Å²) in [5, 5.41) is 13.5. The quantitative estimate of drug-likeness (QED) is 0.464. The number of ether oxygens (including phenoxy) is 1. The summed E-state index contributed by atoms with van der Waals surface area (Å²) in [7, 11) is 0.162. The van der Waals surface area contributed by atoms with Gasteiger partial charge in [-0.3, -0.25) is 4.72 Å². The Kier molecular flexibility index (Phi) is 7.26. The predicted molar refractivity (Wildman–Crippen MR) is 136 cm³/mol. The van der Waals surface area contributed by atoms with E-state index in [-0.39, 0.29) is 21.6 Å². The van der Waals surface area contributed by atoms with E-state index in [9.17, 15) is 13.7 Å². The van der Waals surface area contributed by atoms with Crippen molar-refractivity contribution in [2.75, 3.05) is 30.7 Å². The first-order valence-corrected chi connectivity index (χ1v) is 13.6. The lowest BCUT2D eigenvalue weighted by molar-refractivity contribution is 0.211. The molecule has 2 N–H and O–H groups in total. The van der Waals surface area contributed by atoms with E-state index in [0.29, 0.717) is 23.9 Å². The van der Waals surface area contributed by atoms with Gasteiger partial charge in [0.15, 0.2) is 5.13 Å². The van der Waals surface area contributed by atoms with E-state index < -0.39 is 10.0 Å². The highest BCUT2D eigenvalue weighted by Crippen LogP contribution is 2.32. The first kappa shape index (κ1) is 24.3. The van der Waals surface area contributed by atoms with Crippen LogP contribution in [-0.2, 0) is 10.0 Å². The lowest BCUT2D eigenvalue weighted by atomic mass is 9.89. The van der Waals surface area contributed by atoms with Crippen LogP contribution in [0.2, 0.25) is 0 Å². The van der Waals surface area contributed by atoms with Crippen molar-refractivity contribution in [2.45, 2.75) is 49.6 Å². The van der Waals surface area contributed by atoms with Crippen LogP contribution in [0.25, 0.3) is 10.2 Å². The van der Waals surface area contributed by atoms with Gasteiger partial charge < -0.3 is 15.0 Å². The van der Waals surface area contributed by atoms with Gasteiger partial charge in [0, 0.05) is 17.8 Å². The highest BCUT2D eigenvalue weighted by molar-refractivity contribution is 7.93. The Morgan fingerprint density at radius 1 is 1.21 bits per heavy atom. The summed E-state index contributed by atoms with van der Waals surface area (Å²) in [6.45, 7) is 2.45. The van der Waals surface area contributed by atoms with Gasteiger partial charge in [-0.1, -0.05) is 24.2 Å². The molecule has 0 amide bonds. The number of hydrogen-bond acceptors (Lipinski definition) is 8. The Balaban J connectivity index is 1.56. The molecule has 34 heavy (non-hydrogen) atoms. The van der Waals surface area contributed by atoms with Crippen LogP contribution in [0.1, 0.15) is 38.2 Å². The minimum atomic E-state index is -3.99. The summed E-state index contributed by atoms with van der Waals surface area (Å²) < 4.78 is 35.1. The van der Waals surface area contributed by atoms with Crippen LogP contribution < -0.4 is 14.8 Å². The molecular weight excluding hydrogens is 470 g/mol. The molecule has 1 aliphatic rings. The average molecular weight is 500 g/mol. The Morgan fingerprint density at radius 3 is 2.74 bits per heavy atom. The number of nitriles is 1. The van der Waals surface area contributed by atoms with Crippen molar-refractivity contribution in [3.8, 4) is 11.8 Å². The maximum Gasteiger partial charge on any atom is 0.264 e. The van der Waals surface area contributed by atoms with E-state index in [1.807, 2.05) is 19.1 Å². The molecule has 2 atom stereocenters. The molecule has 180 valence electrons. The molecule has 0 radical (unpaired) electrons. The molecule has 1 fully saturated rings. The molecule has 0 aliphatic heterocycles. The van der Waals surface area contributed by atoms with Gasteiger partial charge in [-0.2, -0.15) is 5.26 Å². The molecule has 8 nitrogen and oxygen atoms in total. The second-order valence-corrected chi connectivity index (χ2v) is 11.3. The van der Waals surface area contributed by atoms with Gasteiger partial charge in [-0.15, -0.1) is 0 Å². The standard InChI is InChI=1S/C24H29N5O3S2/c1-4-32-18-10-11-20-22(14-18)33-24(27-20)28-34(30,31)23-12-9-17(13-16(23)15-25)26-19-7-5-6-8-21(19)29(2)3/h9-14,19,21,26H,4-8H2,1-3H3,(H,27,28)/t19-,21-/m0/s1. The Bertz CT molecular complexity index is 1310. The SMILES string of the molecule is CCOc1ccc2nc(NS(=O)(=O)c3ccc(N[C@H]4CCCC[C@@H]4N(C)C)cc3C#N)sc2c1. The van der Waals surface area contributed by atoms with Crippen molar-refractivity contribution in [1.82, 2.24) is 9.88 Å². The van der Waals surface area contributed by atoms with Crippen LogP contribution >= 0.6 is 11.3 Å². The van der Waals surface area contributed by atoms with Crippen molar-refractivity contribution < 1.29 is 13.2 Å². The monoisotopic (exact) mass is 499 g/mol. The van der Waals surface area contributed by atoms with Gasteiger partial charge in [0.1, 0.15) is 16.7 Å². The number of hydrogen-bond donors (Lipinski definition) is 2. The van der Waals surface area contributed by atoms with E-state index >= 15 is 0 Å². The number of nitrogens with zero attached hydrogens (tertiary/aromatic N) is 3. The van der Waals surface area contributed by atoms with E-state index in [2.05, 4.69) is 34.0 Å². The number of rotatable bonds is 8. The summed E-state index contributed by atoms with van der Waals surface area (Å²) in [4.78, 5) is 6.53. The van der Waals surface area contributed by atoms with Crippen molar-refractivity contribution in [3.05, 3.63) is 42.0 Å². The predicted octanol–water partition coefficient (Wildman–Crippen LogP) is 4.65. The summed E-state index contributed by atoms with van der Waals surface area (Å²) in [6, 6.07) is 12.9. The average Bonchev–Trinajstić information content (AvgIpc) is 3.20. The largest absolute Gasteiger partial charge is 0.494 e. The molecule has 0 spiro atoms. The van der Waals surface area contributed by atoms with Gasteiger partial charge in [0.05, 0.1) is 22.4 Å². The maximum absolute atomic E-state index is 13.1. The Hall–Kier alpha value is -2.87. The van der Waals surface area contributed by atoms with Gasteiger partial charge in [0.2, 0.25) is 0 Å². The van der Waals surface area contributed by atoms with Crippen LogP contribution in [0, 0.1) is 11.3 Å². The number of anilines is 2. The lowest BCUT2D eigenvalue weighted by Gasteiger charge is -2.37. The topological polar surface area (TPSA) is 107 Å². The fourth-order valence-corrected chi connectivity index (χ4v) is 6.70. The van der Waals surface area contributed by atoms with Gasteiger partial charge in [-0.05, 0) is 70.3 Å². The molecule has 4 rings (SSSR count). The van der Waals surface area contributed by atoms with Crippen LogP contribution in [-0.4, -0.2) is 51.1 Å². The molecule has 1 saturated carbocycles. The van der Waals surface area contributed by atoms with E-state index in [1.54, 1.807) is 24.3 Å². The number of thiazole rings is 1. The molecule has 1 heterocycles. The van der Waals surface area contributed by atoms with Crippen molar-refractivity contribution in [2.24, 2.45) is 0 Å². The zero-order valence-electron chi connectivity index (χ0n) is 19.5. The maximum atomic E-state index is 13.1. The highest BCUT2D eigenvalue weighted by Gasteiger charge is 2.27. The third-order valence-corrected chi connectivity index (χ3v) is 8.49. The summed E-state index contributed by atoms with van der Waals surface area (Å²) >= 11 is 1.22. The third kappa shape index (κ3) is 5.27. The van der Waals surface area contributed by atoms with Gasteiger partial charge >= 0.3 is 0 Å². The van der Waals surface area contributed by atoms with Crippen molar-refractivity contribution in [3.63, 3.8) is 0 Å². The number of nitrogens with one attached hydrogen (secondary N) is 2. The second kappa shape index (κ2) is 10.2. The molecule has 0 unspecified atom stereocenters. The zero-order chi connectivity index (χ0) is 24.3. The van der Waals surface area contributed by atoms with Gasteiger partial charge in [-0.25, -0.2) is 13.4 Å². The van der Waals surface area contributed by atoms with Crippen LogP contribution in [0.4, 0.5) is 10.8 Å². The van der Waals surface area contributed by atoms with E-state index in [4.69, 9.17) is 4.74 Å². The van der Waals surface area contributed by atoms with Gasteiger partial charge in [0.25, 0.3) is 10.0 Å². The van der Waals surface area contributed by atoms with E-state index in [1.165, 1.54) is 23.8 Å². The molecule has 0 bridgehead atoms. The normalized spacial score (nSPS) is 18.6. The lowest BCUT2D eigenvalue weighted by Crippen LogP contribution is -2.45. The molecular formula is C24H29N5O3S2. The second-order valence-electron chi connectivity index (χ2n) is 8.58. The number of benzene rings is 2. The van der Waals surface area contributed by atoms with Crippen LogP contribution in [0.5, 0.6) is 5.75 Å². The molecule has 0 saturated heterocycles. The minimum Gasteiger partial charge on any atom is -0.494 e. The van der Waals surface area contributed by atoms with E-state index in [0.717, 1.165) is 29.6 Å². The first-order valence-electron chi connectivity index (χ1n) is 11.3. The Morgan fingerprint density at radius 2 is 2.00 bits per heavy atom. The number of fused-ring (bicyclic) bond motifs is 1. The summed E-state index contributed by atoms with van der Waals surface area (Å²) in [5.74, 6) is 0.706. The van der Waals surface area contributed by atoms with Crippen LogP contribution in [0.3, 0.4) is 0 Å². The molecule has 2 aromatic carbocycles. The zero-order valence-corrected chi connectivity index (χ0v) is 21.2. The molecule has 3 aromatic rings. The fourth-order valence-electron chi connectivity index (χ4n) is 4.43. The molecule has 1 aliphatic carbocycles. The highest BCUT2D eigenvalue weighted by atomic mass is 32.2. The number of likely N-dealkylation sites (N-methyl/N-ethyl adjacent to an activating group) is 1. The Labute approximate surface area is 204 Å².